The molecule has 0 heterocycles. The van der Waals surface area contributed by atoms with Crippen LogP contribution in [-0.4, -0.2) is 10.2 Å². The molecule has 0 aliphatic heterocycles. The van der Waals surface area contributed by atoms with Crippen molar-refractivity contribution in [1.82, 2.24) is 0 Å². The van der Waals surface area contributed by atoms with Crippen LogP contribution in [0.25, 0.3) is 0 Å². The van der Waals surface area contributed by atoms with Crippen LogP contribution in [0.4, 0.5) is 0 Å². The van der Waals surface area contributed by atoms with Crippen molar-refractivity contribution in [2.45, 2.75) is 105 Å². The van der Waals surface area contributed by atoms with Crippen molar-refractivity contribution in [3.8, 4) is 11.5 Å². The second kappa shape index (κ2) is 17.7. The number of benzene rings is 4. The monoisotopic (exact) mass is 684 g/mol. The number of phenols is 2. The molecule has 45 heavy (non-hydrogen) atoms. The number of para-hydroxylation sites is 2. The summed E-state index contributed by atoms with van der Waals surface area (Å²) < 4.78 is 0. The van der Waals surface area contributed by atoms with E-state index in [0.29, 0.717) is 11.5 Å². The van der Waals surface area contributed by atoms with Gasteiger partial charge in [-0.25, -0.2) is 0 Å². The first-order chi connectivity index (χ1) is 20.1. The van der Waals surface area contributed by atoms with Gasteiger partial charge in [-0.05, 0) is 43.9 Å². The van der Waals surface area contributed by atoms with Gasteiger partial charge >= 0.3 is 26.2 Å². The van der Waals surface area contributed by atoms with E-state index in [1.807, 2.05) is 97.1 Å². The topological polar surface area (TPSA) is 40.5 Å². The third-order valence-electron chi connectivity index (χ3n) is 6.99. The van der Waals surface area contributed by atoms with Gasteiger partial charge in [-0.2, -0.15) is 49.2 Å². The zero-order chi connectivity index (χ0) is 33.9. The van der Waals surface area contributed by atoms with Crippen molar-refractivity contribution in [3.05, 3.63) is 144 Å². The van der Waals surface area contributed by atoms with Crippen molar-refractivity contribution in [2.24, 2.45) is 0 Å². The normalized spacial score (nSPS) is 11.3. The van der Waals surface area contributed by atoms with Crippen LogP contribution in [0.2, 0.25) is 0 Å². The predicted molar refractivity (Wildman–Crippen MR) is 193 cm³/mol. The Labute approximate surface area is 295 Å². The Kier molecular flexibility index (Phi) is 16.6. The van der Waals surface area contributed by atoms with Crippen LogP contribution in [0.15, 0.2) is 97.1 Å². The number of hydrogen-bond acceptors (Lipinski definition) is 2. The Hall–Kier alpha value is -2.90. The summed E-state index contributed by atoms with van der Waals surface area (Å²) >= 11 is 0. The Bertz CT molecular complexity index is 1220. The van der Waals surface area contributed by atoms with Gasteiger partial charge in [0.1, 0.15) is 11.5 Å². The maximum absolute atomic E-state index is 10.3. The largest absolute Gasteiger partial charge is 2.00 e. The fraction of sp³-hybridized carbons (Fsp3) is 0.381. The summed E-state index contributed by atoms with van der Waals surface area (Å²) in [6.07, 6.45) is 0. The molecule has 242 valence electrons. The zero-order valence-corrected chi connectivity index (χ0v) is 32.5. The van der Waals surface area contributed by atoms with Crippen LogP contribution in [0.3, 0.4) is 0 Å². The van der Waals surface area contributed by atoms with E-state index < -0.39 is 0 Å². The van der Waals surface area contributed by atoms with Gasteiger partial charge in [0, 0.05) is 0 Å². The van der Waals surface area contributed by atoms with E-state index >= 15 is 0 Å². The van der Waals surface area contributed by atoms with E-state index in [0.717, 1.165) is 33.4 Å². The smallest absolute Gasteiger partial charge is 0.507 e. The molecule has 0 unspecified atom stereocenters. The molecular formula is C42H58O2Zr. The first kappa shape index (κ1) is 42.1. The summed E-state index contributed by atoms with van der Waals surface area (Å²) in [5, 5.41) is 20.5. The molecule has 4 aromatic rings. The van der Waals surface area contributed by atoms with Gasteiger partial charge in [0.2, 0.25) is 0 Å². The van der Waals surface area contributed by atoms with E-state index in [1.54, 1.807) is 0 Å². The van der Waals surface area contributed by atoms with Crippen molar-refractivity contribution in [2.75, 3.05) is 0 Å². The van der Waals surface area contributed by atoms with Crippen LogP contribution in [0, 0.1) is 13.8 Å². The molecule has 4 rings (SSSR count). The Morgan fingerprint density at radius 2 is 0.556 bits per heavy atom. The van der Waals surface area contributed by atoms with Gasteiger partial charge < -0.3 is 10.2 Å². The third kappa shape index (κ3) is 14.8. The Balaban J connectivity index is 0.000000602. The standard InChI is InChI=1S/2C14H22O.2C7H7.Zr/c2*1-13(2,3)10-8-7-9-11(12(10)15)14(4,5)6;2*1-7-5-3-2-4-6-7;/h2*7-9,15H,1-6H3;2*2-6H,1H2;/q;;2*-1;+2. The SMILES string of the molecule is CC(C)(C)c1cccc(C(C)(C)C)c1O.CC(C)(C)c1cccc(C(C)(C)C)c1O.[CH2-]c1ccccc1.[CH2-]c1ccccc1.[Zr+2]. The van der Waals surface area contributed by atoms with Gasteiger partial charge in [-0.15, -0.1) is 24.3 Å². The molecule has 0 atom stereocenters. The first-order valence-electron chi connectivity index (χ1n) is 15.5. The van der Waals surface area contributed by atoms with Crippen LogP contribution >= 0.6 is 0 Å². The number of hydrogen-bond donors (Lipinski definition) is 2. The van der Waals surface area contributed by atoms with Crippen LogP contribution in [0.5, 0.6) is 11.5 Å². The average Bonchev–Trinajstić information content (AvgIpc) is 2.88. The second-order valence-electron chi connectivity index (χ2n) is 15.4. The van der Waals surface area contributed by atoms with Crippen LogP contribution < -0.4 is 0 Å². The minimum atomic E-state index is -0.00859. The van der Waals surface area contributed by atoms with Gasteiger partial charge in [0.05, 0.1) is 0 Å². The number of phenolic OH excluding ortho intramolecular Hbond substituents is 2. The molecule has 0 saturated heterocycles. The first-order valence-corrected chi connectivity index (χ1v) is 15.5. The maximum Gasteiger partial charge on any atom is 2.00 e. The van der Waals surface area contributed by atoms with E-state index in [-0.39, 0.29) is 47.9 Å². The summed E-state index contributed by atoms with van der Waals surface area (Å²) in [5.74, 6) is 0.912. The van der Waals surface area contributed by atoms with Gasteiger partial charge in [-0.1, -0.05) is 132 Å². The molecule has 0 radical (unpaired) electrons. The van der Waals surface area contributed by atoms with Gasteiger partial charge in [0.25, 0.3) is 0 Å². The minimum Gasteiger partial charge on any atom is -0.507 e. The third-order valence-corrected chi connectivity index (χ3v) is 6.99. The molecule has 0 amide bonds. The molecule has 0 bridgehead atoms. The summed E-state index contributed by atoms with van der Waals surface area (Å²) in [4.78, 5) is 0. The second-order valence-corrected chi connectivity index (χ2v) is 15.4. The molecule has 3 heteroatoms. The van der Waals surface area contributed by atoms with Gasteiger partial charge in [0.15, 0.2) is 0 Å². The molecule has 2 nitrogen and oxygen atoms in total. The summed E-state index contributed by atoms with van der Waals surface area (Å²) in [6, 6.07) is 31.8. The predicted octanol–water partition coefficient (Wildman–Crippen LogP) is 11.7. The van der Waals surface area contributed by atoms with E-state index in [2.05, 4.69) is 96.9 Å². The summed E-state index contributed by atoms with van der Waals surface area (Å²) in [5.41, 5.74) is 6.20. The molecule has 4 aromatic carbocycles. The minimum absolute atomic E-state index is 0. The molecule has 0 spiro atoms. The van der Waals surface area contributed by atoms with E-state index in [9.17, 15) is 10.2 Å². The summed E-state index contributed by atoms with van der Waals surface area (Å²) in [6.45, 7) is 32.9. The maximum atomic E-state index is 10.3. The molecule has 2 N–H and O–H groups in total. The Morgan fingerprint density at radius 3 is 0.689 bits per heavy atom. The van der Waals surface area contributed by atoms with Crippen LogP contribution in [0.1, 0.15) is 116 Å². The van der Waals surface area contributed by atoms with Crippen molar-refractivity contribution in [3.63, 3.8) is 0 Å². The van der Waals surface area contributed by atoms with Crippen molar-refractivity contribution in [1.29, 1.82) is 0 Å². The number of aromatic hydroxyl groups is 2. The zero-order valence-electron chi connectivity index (χ0n) is 30.0. The molecule has 0 aliphatic rings. The van der Waals surface area contributed by atoms with Gasteiger partial charge in [-0.3, -0.25) is 0 Å². The average molecular weight is 686 g/mol. The number of rotatable bonds is 0. The molecular weight excluding hydrogens is 628 g/mol. The quantitative estimate of drug-likeness (QED) is 0.181. The fourth-order valence-electron chi connectivity index (χ4n) is 4.46. The van der Waals surface area contributed by atoms with E-state index in [4.69, 9.17) is 0 Å². The molecule has 0 aromatic heterocycles. The van der Waals surface area contributed by atoms with Crippen molar-refractivity contribution < 1.29 is 36.4 Å². The molecule has 0 fully saturated rings. The summed E-state index contributed by atoms with van der Waals surface area (Å²) in [7, 11) is 0. The van der Waals surface area contributed by atoms with E-state index in [1.165, 1.54) is 0 Å². The fourth-order valence-corrected chi connectivity index (χ4v) is 4.46. The molecule has 0 aliphatic carbocycles. The Morgan fingerprint density at radius 1 is 0.356 bits per heavy atom. The van der Waals surface area contributed by atoms with Crippen molar-refractivity contribution >= 4 is 0 Å². The molecule has 0 saturated carbocycles. The van der Waals surface area contributed by atoms with Crippen LogP contribution in [-0.2, 0) is 47.9 Å².